The van der Waals surface area contributed by atoms with Gasteiger partial charge in [-0.2, -0.15) is 5.26 Å². The Morgan fingerprint density at radius 3 is 2.94 bits per heavy atom. The Balaban J connectivity index is 2.76. The number of benzene rings is 1. The van der Waals surface area contributed by atoms with Crippen LogP contribution in [-0.4, -0.2) is 18.9 Å². The molecule has 0 atom stereocenters. The maximum absolute atomic E-state index is 10.9. The molecule has 1 rings (SSSR count). The number of amides is 1. The third kappa shape index (κ3) is 3.14. The largest absolute Gasteiger partial charge is 0.495 e. The van der Waals surface area contributed by atoms with Gasteiger partial charge in [0.15, 0.2) is 0 Å². The van der Waals surface area contributed by atoms with E-state index in [9.17, 15) is 4.79 Å². The van der Waals surface area contributed by atoms with E-state index in [2.05, 4.69) is 5.32 Å². The molecular weight excluding hydrogens is 228 g/mol. The Labute approximate surface area is 98.8 Å². The molecule has 0 aliphatic rings. The highest BCUT2D eigenvalue weighted by atomic mass is 35.5. The van der Waals surface area contributed by atoms with Gasteiger partial charge in [-0.05, 0) is 17.7 Å². The molecule has 1 N–H and O–H groups in total. The van der Waals surface area contributed by atoms with Gasteiger partial charge in [0.25, 0.3) is 0 Å². The van der Waals surface area contributed by atoms with Gasteiger partial charge in [-0.1, -0.05) is 6.07 Å². The van der Waals surface area contributed by atoms with Crippen molar-refractivity contribution < 1.29 is 9.53 Å². The van der Waals surface area contributed by atoms with Crippen molar-refractivity contribution in [2.24, 2.45) is 0 Å². The normalized spacial score (nSPS) is 9.31. The number of nitrogens with one attached hydrogen (secondary N) is 1. The van der Waals surface area contributed by atoms with E-state index in [1.807, 2.05) is 6.07 Å². The van der Waals surface area contributed by atoms with Crippen LogP contribution in [0.1, 0.15) is 11.1 Å². The Bertz CT molecular complexity index is 426. The van der Waals surface area contributed by atoms with Crippen LogP contribution in [-0.2, 0) is 11.3 Å². The van der Waals surface area contributed by atoms with Gasteiger partial charge in [0.1, 0.15) is 17.7 Å². The molecular formula is C11H11ClN2O2. The Morgan fingerprint density at radius 2 is 2.38 bits per heavy atom. The van der Waals surface area contributed by atoms with Crippen LogP contribution in [0.4, 0.5) is 0 Å². The van der Waals surface area contributed by atoms with Crippen molar-refractivity contribution in [3.05, 3.63) is 29.3 Å². The zero-order valence-electron chi connectivity index (χ0n) is 8.79. The van der Waals surface area contributed by atoms with Crippen LogP contribution in [0, 0.1) is 11.3 Å². The van der Waals surface area contributed by atoms with Gasteiger partial charge >= 0.3 is 0 Å². The summed E-state index contributed by atoms with van der Waals surface area (Å²) in [6, 6.07) is 7.18. The van der Waals surface area contributed by atoms with Crippen molar-refractivity contribution in [2.45, 2.75) is 6.54 Å². The third-order valence-corrected chi connectivity index (χ3v) is 2.24. The summed E-state index contributed by atoms with van der Waals surface area (Å²) in [7, 11) is 1.51. The fraction of sp³-hybridized carbons (Fsp3) is 0.273. The molecule has 16 heavy (non-hydrogen) atoms. The minimum Gasteiger partial charge on any atom is -0.495 e. The number of carbonyl (C=O) groups excluding carboxylic acids is 1. The summed E-state index contributed by atoms with van der Waals surface area (Å²) >= 11 is 5.34. The smallest absolute Gasteiger partial charge is 0.235 e. The van der Waals surface area contributed by atoms with E-state index in [0.29, 0.717) is 17.9 Å². The molecule has 0 aliphatic heterocycles. The van der Waals surface area contributed by atoms with E-state index >= 15 is 0 Å². The van der Waals surface area contributed by atoms with Crippen molar-refractivity contribution in [3.8, 4) is 11.8 Å². The predicted molar refractivity (Wildman–Crippen MR) is 60.3 cm³/mol. The first-order chi connectivity index (χ1) is 7.71. The van der Waals surface area contributed by atoms with Gasteiger partial charge in [-0.3, -0.25) is 4.79 Å². The Morgan fingerprint density at radius 1 is 1.62 bits per heavy atom. The average Bonchev–Trinajstić information content (AvgIpc) is 2.35. The molecule has 1 aromatic carbocycles. The fourth-order valence-corrected chi connectivity index (χ4v) is 1.29. The van der Waals surface area contributed by atoms with Gasteiger partial charge in [0, 0.05) is 6.54 Å². The summed E-state index contributed by atoms with van der Waals surface area (Å²) in [6.45, 7) is 0.351. The number of halogens is 1. The second kappa shape index (κ2) is 5.99. The van der Waals surface area contributed by atoms with Gasteiger partial charge < -0.3 is 10.1 Å². The molecule has 4 nitrogen and oxygen atoms in total. The number of methoxy groups -OCH3 is 1. The Hall–Kier alpha value is -1.73. The average molecular weight is 239 g/mol. The van der Waals surface area contributed by atoms with Crippen molar-refractivity contribution >= 4 is 17.5 Å². The van der Waals surface area contributed by atoms with Crippen LogP contribution < -0.4 is 10.1 Å². The van der Waals surface area contributed by atoms with Gasteiger partial charge in [0.05, 0.1) is 12.7 Å². The topological polar surface area (TPSA) is 62.1 Å². The summed E-state index contributed by atoms with van der Waals surface area (Å²) in [6.07, 6.45) is 0. The quantitative estimate of drug-likeness (QED) is 0.807. The first-order valence-corrected chi connectivity index (χ1v) is 5.14. The van der Waals surface area contributed by atoms with E-state index < -0.39 is 0 Å². The lowest BCUT2D eigenvalue weighted by Gasteiger charge is -2.06. The molecule has 0 heterocycles. The molecule has 0 spiro atoms. The summed E-state index contributed by atoms with van der Waals surface area (Å²) in [5, 5.41) is 11.5. The molecule has 1 aromatic rings. The molecule has 0 aliphatic carbocycles. The van der Waals surface area contributed by atoms with Gasteiger partial charge in [0.2, 0.25) is 5.91 Å². The minimum absolute atomic E-state index is 0.0682. The van der Waals surface area contributed by atoms with E-state index in [1.165, 1.54) is 7.11 Å². The molecule has 0 bridgehead atoms. The number of ether oxygens (including phenoxy) is 1. The van der Waals surface area contributed by atoms with Crippen LogP contribution >= 0.6 is 11.6 Å². The summed E-state index contributed by atoms with van der Waals surface area (Å²) in [5.41, 5.74) is 1.27. The molecule has 0 saturated carbocycles. The van der Waals surface area contributed by atoms with Crippen molar-refractivity contribution in [2.75, 3.05) is 13.0 Å². The lowest BCUT2D eigenvalue weighted by Crippen LogP contribution is -2.23. The second-order valence-corrected chi connectivity index (χ2v) is 3.32. The fourth-order valence-electron chi connectivity index (χ4n) is 1.20. The molecule has 1 amide bonds. The lowest BCUT2D eigenvalue weighted by molar-refractivity contribution is -0.118. The van der Waals surface area contributed by atoms with Crippen LogP contribution in [0.5, 0.6) is 5.75 Å². The van der Waals surface area contributed by atoms with Crippen molar-refractivity contribution in [3.63, 3.8) is 0 Å². The van der Waals surface area contributed by atoms with E-state index in [1.54, 1.807) is 18.2 Å². The number of rotatable bonds is 4. The zero-order chi connectivity index (χ0) is 12.0. The van der Waals surface area contributed by atoms with Crippen LogP contribution in [0.3, 0.4) is 0 Å². The molecule has 0 radical (unpaired) electrons. The van der Waals surface area contributed by atoms with E-state index in [4.69, 9.17) is 21.6 Å². The number of alkyl halides is 1. The van der Waals surface area contributed by atoms with Gasteiger partial charge in [-0.25, -0.2) is 0 Å². The summed E-state index contributed by atoms with van der Waals surface area (Å²) in [5.74, 6) is 0.215. The number of hydrogen-bond donors (Lipinski definition) is 1. The second-order valence-electron chi connectivity index (χ2n) is 3.06. The van der Waals surface area contributed by atoms with E-state index in [0.717, 1.165) is 5.56 Å². The molecule has 0 unspecified atom stereocenters. The van der Waals surface area contributed by atoms with Crippen LogP contribution in [0.2, 0.25) is 0 Å². The zero-order valence-corrected chi connectivity index (χ0v) is 9.54. The predicted octanol–water partition coefficient (Wildman–Crippen LogP) is 1.42. The number of carbonyl (C=O) groups is 1. The number of hydrogen-bond acceptors (Lipinski definition) is 3. The van der Waals surface area contributed by atoms with Crippen molar-refractivity contribution in [1.29, 1.82) is 5.26 Å². The van der Waals surface area contributed by atoms with Crippen molar-refractivity contribution in [1.82, 2.24) is 5.32 Å². The highest BCUT2D eigenvalue weighted by Crippen LogP contribution is 2.18. The monoisotopic (exact) mass is 238 g/mol. The Kier molecular flexibility index (Phi) is 4.62. The summed E-state index contributed by atoms with van der Waals surface area (Å²) in [4.78, 5) is 10.9. The SMILES string of the molecule is COc1ccc(CNC(=O)CCl)cc1C#N. The molecule has 0 fully saturated rings. The number of nitriles is 1. The van der Waals surface area contributed by atoms with E-state index in [-0.39, 0.29) is 11.8 Å². The molecule has 84 valence electrons. The van der Waals surface area contributed by atoms with Crippen LogP contribution in [0.15, 0.2) is 18.2 Å². The maximum Gasteiger partial charge on any atom is 0.235 e. The lowest BCUT2D eigenvalue weighted by atomic mass is 10.1. The van der Waals surface area contributed by atoms with Crippen LogP contribution in [0.25, 0.3) is 0 Å². The maximum atomic E-state index is 10.9. The van der Waals surface area contributed by atoms with Gasteiger partial charge in [-0.15, -0.1) is 11.6 Å². The standard InChI is InChI=1S/C11H11ClN2O2/c1-16-10-3-2-8(4-9(10)6-13)7-14-11(15)5-12/h2-4H,5,7H2,1H3,(H,14,15). The number of nitrogens with zero attached hydrogens (tertiary/aromatic N) is 1. The minimum atomic E-state index is -0.240. The highest BCUT2D eigenvalue weighted by Gasteiger charge is 2.04. The molecule has 5 heteroatoms. The summed E-state index contributed by atoms with van der Waals surface area (Å²) < 4.78 is 5.01. The highest BCUT2D eigenvalue weighted by molar-refractivity contribution is 6.27. The third-order valence-electron chi connectivity index (χ3n) is 2.00. The molecule has 0 saturated heterocycles. The first-order valence-electron chi connectivity index (χ1n) is 4.61. The molecule has 0 aromatic heterocycles. The first kappa shape index (κ1) is 12.3.